The molecule has 3 rings (SSSR count). The van der Waals surface area contributed by atoms with E-state index in [1.54, 1.807) is 48.7 Å². The molecule has 0 radical (unpaired) electrons. The van der Waals surface area contributed by atoms with Gasteiger partial charge in [-0.05, 0) is 48.0 Å². The molecule has 3 aromatic carbocycles. The zero-order chi connectivity index (χ0) is 18.4. The van der Waals surface area contributed by atoms with Crippen LogP contribution in [0.25, 0.3) is 0 Å². The molecule has 0 saturated carbocycles. The summed E-state index contributed by atoms with van der Waals surface area (Å²) >= 11 is 6.09. The maximum absolute atomic E-state index is 10.9. The van der Waals surface area contributed by atoms with E-state index in [1.807, 2.05) is 30.3 Å². The molecule has 0 amide bonds. The average Bonchev–Trinajstić information content (AvgIpc) is 2.66. The molecule has 0 fully saturated rings. The summed E-state index contributed by atoms with van der Waals surface area (Å²) in [7, 11) is 0. The van der Waals surface area contributed by atoms with E-state index in [-0.39, 0.29) is 5.56 Å². The van der Waals surface area contributed by atoms with Crippen LogP contribution in [0, 0.1) is 0 Å². The monoisotopic (exact) mass is 365 g/mol. The standard InChI is InChI=1S/C21H16ClNO3/c22-18-10-11-20(17(12-18)13-23-19-4-2-1-3-5-19)26-14-15-6-8-16(9-7-15)21(24)25/h1-13H,14H2,(H,24,25). The number of carboxylic acids is 1. The first-order valence-electron chi connectivity index (χ1n) is 7.95. The summed E-state index contributed by atoms with van der Waals surface area (Å²) in [6, 6.07) is 21.5. The number of aromatic carboxylic acids is 1. The van der Waals surface area contributed by atoms with Crippen LogP contribution in [0.3, 0.4) is 0 Å². The third kappa shape index (κ3) is 4.71. The summed E-state index contributed by atoms with van der Waals surface area (Å²) < 4.78 is 5.87. The lowest BCUT2D eigenvalue weighted by Gasteiger charge is -2.10. The van der Waals surface area contributed by atoms with Gasteiger partial charge in [0, 0.05) is 16.8 Å². The number of rotatable bonds is 6. The molecule has 1 N–H and O–H groups in total. The fourth-order valence-electron chi connectivity index (χ4n) is 2.31. The summed E-state index contributed by atoms with van der Waals surface area (Å²) in [4.78, 5) is 15.3. The Bertz CT molecular complexity index is 922. The highest BCUT2D eigenvalue weighted by atomic mass is 35.5. The van der Waals surface area contributed by atoms with Gasteiger partial charge in [0.25, 0.3) is 0 Å². The smallest absolute Gasteiger partial charge is 0.335 e. The van der Waals surface area contributed by atoms with Crippen molar-refractivity contribution in [3.8, 4) is 5.75 Å². The first kappa shape index (κ1) is 17.7. The molecule has 0 heterocycles. The van der Waals surface area contributed by atoms with Crippen molar-refractivity contribution in [2.75, 3.05) is 0 Å². The van der Waals surface area contributed by atoms with E-state index < -0.39 is 5.97 Å². The third-order valence-electron chi connectivity index (χ3n) is 3.68. The largest absolute Gasteiger partial charge is 0.488 e. The van der Waals surface area contributed by atoms with Crippen molar-refractivity contribution in [1.29, 1.82) is 0 Å². The minimum absolute atomic E-state index is 0.246. The molecule has 0 aliphatic heterocycles. The van der Waals surface area contributed by atoms with Gasteiger partial charge in [0.05, 0.1) is 11.3 Å². The van der Waals surface area contributed by atoms with E-state index in [2.05, 4.69) is 4.99 Å². The lowest BCUT2D eigenvalue weighted by Crippen LogP contribution is -2.00. The van der Waals surface area contributed by atoms with Crippen molar-refractivity contribution in [3.05, 3.63) is 94.5 Å². The number of hydrogen-bond acceptors (Lipinski definition) is 3. The van der Waals surface area contributed by atoms with Gasteiger partial charge in [-0.15, -0.1) is 0 Å². The second-order valence-electron chi connectivity index (χ2n) is 5.57. The summed E-state index contributed by atoms with van der Waals surface area (Å²) in [6.07, 6.45) is 1.71. The maximum atomic E-state index is 10.9. The van der Waals surface area contributed by atoms with Crippen LogP contribution in [0.15, 0.2) is 77.8 Å². The first-order valence-corrected chi connectivity index (χ1v) is 8.33. The molecule has 0 aliphatic rings. The van der Waals surface area contributed by atoms with Crippen LogP contribution in [0.1, 0.15) is 21.5 Å². The molecular formula is C21H16ClNO3. The Hall–Kier alpha value is -3.11. The van der Waals surface area contributed by atoms with Crippen molar-refractivity contribution in [3.63, 3.8) is 0 Å². The van der Waals surface area contributed by atoms with Crippen LogP contribution in [-0.4, -0.2) is 17.3 Å². The van der Waals surface area contributed by atoms with Crippen LogP contribution >= 0.6 is 11.6 Å². The fraction of sp³-hybridized carbons (Fsp3) is 0.0476. The van der Waals surface area contributed by atoms with E-state index in [0.717, 1.165) is 16.8 Å². The first-order chi connectivity index (χ1) is 12.6. The van der Waals surface area contributed by atoms with Gasteiger partial charge in [-0.2, -0.15) is 0 Å². The van der Waals surface area contributed by atoms with E-state index in [0.29, 0.717) is 17.4 Å². The van der Waals surface area contributed by atoms with Gasteiger partial charge in [0.2, 0.25) is 0 Å². The molecule has 0 bridgehead atoms. The van der Waals surface area contributed by atoms with Crippen LogP contribution in [-0.2, 0) is 6.61 Å². The normalized spacial score (nSPS) is 10.8. The second kappa shape index (κ2) is 8.32. The molecule has 0 saturated heterocycles. The minimum Gasteiger partial charge on any atom is -0.488 e. The van der Waals surface area contributed by atoms with Gasteiger partial charge < -0.3 is 9.84 Å². The van der Waals surface area contributed by atoms with Crippen LogP contribution in [0.2, 0.25) is 5.02 Å². The molecular weight excluding hydrogens is 350 g/mol. The van der Waals surface area contributed by atoms with Crippen molar-refractivity contribution in [2.45, 2.75) is 6.61 Å². The van der Waals surface area contributed by atoms with Gasteiger partial charge >= 0.3 is 5.97 Å². The van der Waals surface area contributed by atoms with E-state index >= 15 is 0 Å². The summed E-state index contributed by atoms with van der Waals surface area (Å²) in [6.45, 7) is 0.313. The highest BCUT2D eigenvalue weighted by molar-refractivity contribution is 6.30. The number of nitrogens with zero attached hydrogens (tertiary/aromatic N) is 1. The SMILES string of the molecule is O=C(O)c1ccc(COc2ccc(Cl)cc2C=Nc2ccccc2)cc1. The Morgan fingerprint density at radius 2 is 1.77 bits per heavy atom. The number of ether oxygens (including phenoxy) is 1. The molecule has 0 unspecified atom stereocenters. The summed E-state index contributed by atoms with van der Waals surface area (Å²) in [5, 5.41) is 9.54. The van der Waals surface area contributed by atoms with E-state index in [4.69, 9.17) is 21.4 Å². The molecule has 3 aromatic rings. The number of benzene rings is 3. The van der Waals surface area contributed by atoms with Gasteiger partial charge in [0.15, 0.2) is 0 Å². The number of aliphatic imine (C=N–C) groups is 1. The lowest BCUT2D eigenvalue weighted by molar-refractivity contribution is 0.0697. The van der Waals surface area contributed by atoms with Gasteiger partial charge in [-0.25, -0.2) is 4.79 Å². The van der Waals surface area contributed by atoms with E-state index in [1.165, 1.54) is 0 Å². The quantitative estimate of drug-likeness (QED) is 0.597. The van der Waals surface area contributed by atoms with Crippen molar-refractivity contribution < 1.29 is 14.6 Å². The zero-order valence-corrected chi connectivity index (χ0v) is 14.6. The number of halogens is 1. The van der Waals surface area contributed by atoms with Crippen molar-refractivity contribution in [1.82, 2.24) is 0 Å². The number of hydrogen-bond donors (Lipinski definition) is 1. The average molecular weight is 366 g/mol. The van der Waals surface area contributed by atoms with Gasteiger partial charge in [0.1, 0.15) is 12.4 Å². The number of para-hydroxylation sites is 1. The lowest BCUT2D eigenvalue weighted by atomic mass is 10.1. The predicted molar refractivity (Wildman–Crippen MR) is 103 cm³/mol. The highest BCUT2D eigenvalue weighted by Crippen LogP contribution is 2.23. The molecule has 4 nitrogen and oxygen atoms in total. The number of carboxylic acid groups (broad SMARTS) is 1. The zero-order valence-electron chi connectivity index (χ0n) is 13.8. The van der Waals surface area contributed by atoms with Gasteiger partial charge in [-0.3, -0.25) is 4.99 Å². The third-order valence-corrected chi connectivity index (χ3v) is 3.91. The van der Waals surface area contributed by atoms with Crippen LogP contribution < -0.4 is 4.74 Å². The minimum atomic E-state index is -0.949. The molecule has 0 spiro atoms. The van der Waals surface area contributed by atoms with Crippen LogP contribution in [0.4, 0.5) is 5.69 Å². The van der Waals surface area contributed by atoms with Crippen LogP contribution in [0.5, 0.6) is 5.75 Å². The molecule has 0 aromatic heterocycles. The second-order valence-corrected chi connectivity index (χ2v) is 6.00. The number of carbonyl (C=O) groups is 1. The Balaban J connectivity index is 1.75. The Labute approximate surface area is 156 Å². The highest BCUT2D eigenvalue weighted by Gasteiger charge is 2.05. The fourth-order valence-corrected chi connectivity index (χ4v) is 2.49. The van der Waals surface area contributed by atoms with Crippen molar-refractivity contribution >= 4 is 29.5 Å². The Morgan fingerprint density at radius 1 is 1.04 bits per heavy atom. The molecule has 5 heteroatoms. The molecule has 130 valence electrons. The van der Waals surface area contributed by atoms with Gasteiger partial charge in [-0.1, -0.05) is 41.9 Å². The molecule has 0 atom stereocenters. The maximum Gasteiger partial charge on any atom is 0.335 e. The summed E-state index contributed by atoms with van der Waals surface area (Å²) in [5.41, 5.74) is 2.72. The summed E-state index contributed by atoms with van der Waals surface area (Å²) in [5.74, 6) is -0.300. The molecule has 26 heavy (non-hydrogen) atoms. The van der Waals surface area contributed by atoms with E-state index in [9.17, 15) is 4.79 Å². The predicted octanol–water partition coefficient (Wildman–Crippen LogP) is 5.37. The Morgan fingerprint density at radius 3 is 2.46 bits per heavy atom. The Kier molecular flexibility index (Phi) is 5.66. The molecule has 0 aliphatic carbocycles. The topological polar surface area (TPSA) is 58.9 Å². The van der Waals surface area contributed by atoms with Crippen molar-refractivity contribution in [2.24, 2.45) is 4.99 Å².